The van der Waals surface area contributed by atoms with E-state index >= 15 is 0 Å². The number of methoxy groups -OCH3 is 2. The van der Waals surface area contributed by atoms with Gasteiger partial charge in [0.25, 0.3) is 0 Å². The van der Waals surface area contributed by atoms with E-state index in [1.54, 1.807) is 0 Å². The maximum atomic E-state index is 5.92. The van der Waals surface area contributed by atoms with E-state index in [1.807, 2.05) is 14.2 Å². The molecule has 4 aliphatic rings. The van der Waals surface area contributed by atoms with Crippen molar-refractivity contribution >= 4 is 0 Å². The van der Waals surface area contributed by atoms with E-state index < -0.39 is 0 Å². The van der Waals surface area contributed by atoms with E-state index in [4.69, 9.17) is 9.47 Å². The number of hydrogen-bond donors (Lipinski definition) is 0. The Hall–Kier alpha value is -0.0800. The van der Waals surface area contributed by atoms with Gasteiger partial charge in [-0.1, -0.05) is 54.4 Å². The van der Waals surface area contributed by atoms with Gasteiger partial charge < -0.3 is 9.47 Å². The number of hydrogen-bond acceptors (Lipinski definition) is 2. The molecule has 33 heavy (non-hydrogen) atoms. The van der Waals surface area contributed by atoms with Crippen LogP contribution in [-0.2, 0) is 9.47 Å². The van der Waals surface area contributed by atoms with Gasteiger partial charge in [-0.2, -0.15) is 0 Å². The Labute approximate surface area is 206 Å². The third kappa shape index (κ3) is 4.36. The number of ether oxygens (including phenoxy) is 2. The van der Waals surface area contributed by atoms with Crippen LogP contribution in [0.15, 0.2) is 0 Å². The van der Waals surface area contributed by atoms with Crippen LogP contribution in [0.5, 0.6) is 0 Å². The van der Waals surface area contributed by atoms with Crippen LogP contribution >= 0.6 is 0 Å². The SMILES string of the molecule is CC[C@H](CC[C@@H](C)[C@H]1CC[C@H]2[C@@H]3CC[C@H]4CC(OC)(OC)CC[C@]4(C)[C@H]3CC[C@]12C)C(C)C. The van der Waals surface area contributed by atoms with E-state index in [9.17, 15) is 0 Å². The van der Waals surface area contributed by atoms with Crippen molar-refractivity contribution in [2.75, 3.05) is 14.2 Å². The Morgan fingerprint density at radius 1 is 0.788 bits per heavy atom. The molecule has 192 valence electrons. The van der Waals surface area contributed by atoms with E-state index in [2.05, 4.69) is 41.5 Å². The summed E-state index contributed by atoms with van der Waals surface area (Å²) in [5, 5.41) is 0. The zero-order chi connectivity index (χ0) is 24.0. The normalized spacial score (nSPS) is 44.1. The molecule has 0 aromatic heterocycles. The second-order valence-electron chi connectivity index (χ2n) is 13.9. The molecule has 2 heteroatoms. The van der Waals surface area contributed by atoms with Gasteiger partial charge in [0.05, 0.1) is 0 Å². The Morgan fingerprint density at radius 3 is 2.12 bits per heavy atom. The van der Waals surface area contributed by atoms with Gasteiger partial charge in [-0.3, -0.25) is 0 Å². The van der Waals surface area contributed by atoms with Gasteiger partial charge in [-0.05, 0) is 110 Å². The average molecular weight is 461 g/mol. The zero-order valence-electron chi connectivity index (χ0n) is 23.4. The lowest BCUT2D eigenvalue weighted by Gasteiger charge is -2.62. The van der Waals surface area contributed by atoms with Gasteiger partial charge in [0.1, 0.15) is 0 Å². The summed E-state index contributed by atoms with van der Waals surface area (Å²) in [5.41, 5.74) is 1.10. The Bertz CT molecular complexity index is 653. The first-order chi connectivity index (χ1) is 15.6. The molecule has 0 aromatic carbocycles. The van der Waals surface area contributed by atoms with Crippen LogP contribution in [0.3, 0.4) is 0 Å². The quantitative estimate of drug-likeness (QED) is 0.337. The highest BCUT2D eigenvalue weighted by molar-refractivity contribution is 5.10. The van der Waals surface area contributed by atoms with E-state index in [0.29, 0.717) is 10.8 Å². The molecule has 0 radical (unpaired) electrons. The van der Waals surface area contributed by atoms with Crippen LogP contribution in [0, 0.1) is 58.2 Å². The standard InChI is InChI=1S/C31H56O2/c1-9-23(21(2)3)11-10-22(4)26-14-15-27-25-13-12-24-20-31(32-7,33-8)19-18-29(24,5)28(25)16-17-30(26,27)6/h21-28H,9-20H2,1-8H3/t22-,23-,24+,25+,26-,27+,28+,29+,30-/m1/s1. The molecule has 0 unspecified atom stereocenters. The van der Waals surface area contributed by atoms with E-state index in [-0.39, 0.29) is 5.79 Å². The molecule has 2 nitrogen and oxygen atoms in total. The summed E-state index contributed by atoms with van der Waals surface area (Å²) < 4.78 is 11.8. The summed E-state index contributed by atoms with van der Waals surface area (Å²) in [6.45, 7) is 15.3. The topological polar surface area (TPSA) is 18.5 Å². The van der Waals surface area contributed by atoms with E-state index in [0.717, 1.165) is 60.2 Å². The Morgan fingerprint density at radius 2 is 1.48 bits per heavy atom. The first-order valence-electron chi connectivity index (χ1n) is 14.7. The molecule has 0 heterocycles. The van der Waals surface area contributed by atoms with Gasteiger partial charge in [-0.15, -0.1) is 0 Å². The van der Waals surface area contributed by atoms with Gasteiger partial charge in [-0.25, -0.2) is 0 Å². The van der Waals surface area contributed by atoms with Gasteiger partial charge >= 0.3 is 0 Å². The van der Waals surface area contributed by atoms with Crippen molar-refractivity contribution < 1.29 is 9.47 Å². The Balaban J connectivity index is 1.45. The largest absolute Gasteiger partial charge is 0.353 e. The third-order valence-corrected chi connectivity index (χ3v) is 12.6. The van der Waals surface area contributed by atoms with Crippen LogP contribution in [0.1, 0.15) is 119 Å². The first kappa shape index (κ1) is 26.0. The lowest BCUT2D eigenvalue weighted by molar-refractivity contribution is -0.261. The summed E-state index contributed by atoms with van der Waals surface area (Å²) >= 11 is 0. The fourth-order valence-electron chi connectivity index (χ4n) is 10.3. The molecule has 0 saturated heterocycles. The molecule has 0 aromatic rings. The molecule has 0 bridgehead atoms. The summed E-state index contributed by atoms with van der Waals surface area (Å²) in [6, 6.07) is 0. The van der Waals surface area contributed by atoms with Crippen molar-refractivity contribution in [3.8, 4) is 0 Å². The summed E-state index contributed by atoms with van der Waals surface area (Å²) in [6.07, 6.45) is 16.5. The molecule has 0 N–H and O–H groups in total. The predicted octanol–water partition coefficient (Wildman–Crippen LogP) is 8.73. The van der Waals surface area contributed by atoms with Gasteiger partial charge in [0.2, 0.25) is 0 Å². The molecular formula is C31H56O2. The lowest BCUT2D eigenvalue weighted by atomic mass is 9.44. The van der Waals surface area contributed by atoms with Crippen molar-refractivity contribution in [3.63, 3.8) is 0 Å². The smallest absolute Gasteiger partial charge is 0.167 e. The predicted molar refractivity (Wildman–Crippen MR) is 139 cm³/mol. The molecular weight excluding hydrogens is 404 g/mol. The maximum Gasteiger partial charge on any atom is 0.167 e. The molecule has 4 saturated carbocycles. The minimum Gasteiger partial charge on any atom is -0.353 e. The fourth-order valence-corrected chi connectivity index (χ4v) is 10.3. The average Bonchev–Trinajstić information content (AvgIpc) is 3.16. The van der Waals surface area contributed by atoms with Crippen LogP contribution in [0.2, 0.25) is 0 Å². The highest BCUT2D eigenvalue weighted by Gasteiger charge is 2.61. The molecule has 0 aliphatic heterocycles. The van der Waals surface area contributed by atoms with Crippen molar-refractivity contribution in [2.24, 2.45) is 58.2 Å². The van der Waals surface area contributed by atoms with Crippen molar-refractivity contribution in [1.29, 1.82) is 0 Å². The molecule has 0 spiro atoms. The molecule has 4 fully saturated rings. The van der Waals surface area contributed by atoms with Crippen LogP contribution in [-0.4, -0.2) is 20.0 Å². The minimum atomic E-state index is -0.319. The van der Waals surface area contributed by atoms with Crippen LogP contribution < -0.4 is 0 Å². The van der Waals surface area contributed by atoms with Crippen LogP contribution in [0.25, 0.3) is 0 Å². The highest BCUT2D eigenvalue weighted by atomic mass is 16.7. The summed E-state index contributed by atoms with van der Waals surface area (Å²) in [7, 11) is 3.71. The summed E-state index contributed by atoms with van der Waals surface area (Å²) in [4.78, 5) is 0. The Kier molecular flexibility index (Phi) is 7.69. The number of fused-ring (bicyclic) bond motifs is 5. The van der Waals surface area contributed by atoms with Crippen molar-refractivity contribution in [1.82, 2.24) is 0 Å². The second-order valence-corrected chi connectivity index (χ2v) is 13.9. The van der Waals surface area contributed by atoms with Crippen LogP contribution in [0.4, 0.5) is 0 Å². The monoisotopic (exact) mass is 460 g/mol. The molecule has 4 rings (SSSR count). The first-order valence-corrected chi connectivity index (χ1v) is 14.7. The van der Waals surface area contributed by atoms with E-state index in [1.165, 1.54) is 64.2 Å². The molecule has 9 atom stereocenters. The van der Waals surface area contributed by atoms with Gasteiger partial charge in [0, 0.05) is 27.1 Å². The minimum absolute atomic E-state index is 0.319. The third-order valence-electron chi connectivity index (χ3n) is 12.6. The molecule has 0 amide bonds. The highest BCUT2D eigenvalue weighted by Crippen LogP contribution is 2.69. The summed E-state index contributed by atoms with van der Waals surface area (Å²) in [5.74, 6) is 6.95. The maximum absolute atomic E-state index is 5.92. The molecule has 4 aliphatic carbocycles. The van der Waals surface area contributed by atoms with Gasteiger partial charge in [0.15, 0.2) is 5.79 Å². The van der Waals surface area contributed by atoms with Crippen molar-refractivity contribution in [2.45, 2.75) is 124 Å². The zero-order valence-corrected chi connectivity index (χ0v) is 23.4. The lowest BCUT2D eigenvalue weighted by Crippen LogP contribution is -2.56. The van der Waals surface area contributed by atoms with Crippen molar-refractivity contribution in [3.05, 3.63) is 0 Å². The second kappa shape index (κ2) is 9.76. The fraction of sp³-hybridized carbons (Fsp3) is 1.00. The number of rotatable bonds is 8.